The fourth-order valence-corrected chi connectivity index (χ4v) is 22.4. The number of hydrogen-bond acceptors (Lipinski definition) is 12. The lowest BCUT2D eigenvalue weighted by Gasteiger charge is -2.47. The number of rotatable bonds is 37. The summed E-state index contributed by atoms with van der Waals surface area (Å²) < 4.78 is 81.5. The molecule has 0 heterocycles. The zero-order valence-corrected chi connectivity index (χ0v) is 38.2. The molecule has 0 amide bonds. The molecule has 0 aromatic carbocycles. The van der Waals surface area contributed by atoms with Crippen molar-refractivity contribution in [1.82, 2.24) is 0 Å². The van der Waals surface area contributed by atoms with Crippen LogP contribution >= 0.6 is 0 Å². The average molecular weight is 791 g/mol. The first kappa shape index (κ1) is 50.4. The molecule has 12 nitrogen and oxygen atoms in total. The zero-order chi connectivity index (χ0) is 37.8. The van der Waals surface area contributed by atoms with Crippen molar-refractivity contribution in [3.63, 3.8) is 0 Å². The molecule has 2 unspecified atom stereocenters. The Morgan fingerprint density at radius 2 is 0.500 bits per heavy atom. The predicted octanol–water partition coefficient (Wildman–Crippen LogP) is 8.26. The standard InChI is InChI=1S/C34H78O12Si4/c1-13-25-41-48(42-26-14-2,43-27-15-3)32-34(50(44-28-16-4,45-29-17-5)46-30-18-6)33(49(38-22-10,39-23-11)40-24-12)31-47(35-19-7,36-20-8)37-21-9/h33-34H,13-32H2,1-12H3. The van der Waals surface area contributed by atoms with E-state index in [4.69, 9.17) is 53.1 Å². The Morgan fingerprint density at radius 1 is 0.280 bits per heavy atom. The van der Waals surface area contributed by atoms with Crippen molar-refractivity contribution in [3.05, 3.63) is 0 Å². The molecule has 0 aliphatic heterocycles. The molecule has 0 radical (unpaired) electrons. The van der Waals surface area contributed by atoms with Gasteiger partial charge >= 0.3 is 35.2 Å². The van der Waals surface area contributed by atoms with Crippen LogP contribution < -0.4 is 0 Å². The van der Waals surface area contributed by atoms with Gasteiger partial charge in [0, 0.05) is 102 Å². The van der Waals surface area contributed by atoms with Crippen molar-refractivity contribution in [2.45, 2.75) is 145 Å². The highest BCUT2D eigenvalue weighted by Crippen LogP contribution is 2.53. The van der Waals surface area contributed by atoms with E-state index in [0.717, 1.165) is 38.5 Å². The van der Waals surface area contributed by atoms with Crippen molar-refractivity contribution in [1.29, 1.82) is 0 Å². The molecule has 50 heavy (non-hydrogen) atoms. The van der Waals surface area contributed by atoms with E-state index < -0.39 is 46.3 Å². The van der Waals surface area contributed by atoms with Crippen molar-refractivity contribution in [3.8, 4) is 0 Å². The van der Waals surface area contributed by atoms with Crippen LogP contribution in [0.3, 0.4) is 0 Å². The second-order valence-electron chi connectivity index (χ2n) is 11.9. The first-order valence-corrected chi connectivity index (χ1v) is 27.3. The molecule has 0 aromatic rings. The van der Waals surface area contributed by atoms with Gasteiger partial charge in [-0.1, -0.05) is 41.5 Å². The Bertz CT molecular complexity index is 711. The minimum Gasteiger partial charge on any atom is -0.374 e. The van der Waals surface area contributed by atoms with Crippen LogP contribution in [0, 0.1) is 0 Å². The topological polar surface area (TPSA) is 111 Å². The minimum atomic E-state index is -3.70. The maximum Gasteiger partial charge on any atom is 0.504 e. The van der Waals surface area contributed by atoms with Gasteiger partial charge in [0.25, 0.3) is 0 Å². The molecule has 0 fully saturated rings. The Hall–Kier alpha value is 0.388. The fourth-order valence-electron chi connectivity index (χ4n) is 5.83. The van der Waals surface area contributed by atoms with Crippen LogP contribution in [-0.4, -0.2) is 115 Å². The van der Waals surface area contributed by atoms with Gasteiger partial charge in [-0.25, -0.2) is 0 Å². The van der Waals surface area contributed by atoms with Gasteiger partial charge in [0.15, 0.2) is 0 Å². The zero-order valence-electron chi connectivity index (χ0n) is 34.2. The Balaban J connectivity index is 8.47. The van der Waals surface area contributed by atoms with E-state index in [1.165, 1.54) is 0 Å². The maximum absolute atomic E-state index is 7.01. The molecule has 0 spiro atoms. The van der Waals surface area contributed by atoms with Gasteiger partial charge in [-0.3, -0.25) is 0 Å². The Labute approximate surface area is 311 Å². The summed E-state index contributed by atoms with van der Waals surface area (Å²) in [4.78, 5) is 0. The first-order chi connectivity index (χ1) is 24.2. The Kier molecular flexibility index (Phi) is 29.9. The fraction of sp³-hybridized carbons (Fsp3) is 1.00. The maximum atomic E-state index is 7.01. The molecule has 0 aromatic heterocycles. The van der Waals surface area contributed by atoms with Crippen LogP contribution in [0.5, 0.6) is 0 Å². The van der Waals surface area contributed by atoms with Crippen LogP contribution in [0.15, 0.2) is 0 Å². The molecule has 16 heteroatoms. The van der Waals surface area contributed by atoms with E-state index in [1.54, 1.807) is 0 Å². The first-order valence-electron chi connectivity index (χ1n) is 19.8. The summed E-state index contributed by atoms with van der Waals surface area (Å²) in [5.41, 5.74) is -0.989. The third-order valence-electron chi connectivity index (χ3n) is 7.56. The van der Waals surface area contributed by atoms with Gasteiger partial charge in [0.05, 0.1) is 0 Å². The largest absolute Gasteiger partial charge is 0.504 e. The van der Waals surface area contributed by atoms with E-state index in [-0.39, 0.29) is 0 Å². The lowest BCUT2D eigenvalue weighted by atomic mass is 10.3. The number of hydrogen-bond donors (Lipinski definition) is 0. The van der Waals surface area contributed by atoms with Crippen LogP contribution in [0.2, 0.25) is 23.2 Å². The van der Waals surface area contributed by atoms with E-state index in [1.807, 2.05) is 41.5 Å². The van der Waals surface area contributed by atoms with Gasteiger partial charge < -0.3 is 53.1 Å². The second kappa shape index (κ2) is 29.7. The quantitative estimate of drug-likeness (QED) is 0.0565. The summed E-state index contributed by atoms with van der Waals surface area (Å²) in [6.45, 7) is 29.7. The molecule has 0 saturated heterocycles. The molecule has 0 N–H and O–H groups in total. The van der Waals surface area contributed by atoms with Crippen molar-refractivity contribution in [2.24, 2.45) is 0 Å². The summed E-state index contributed by atoms with van der Waals surface area (Å²) in [7, 11) is -14.2. The van der Waals surface area contributed by atoms with Gasteiger partial charge in [-0.2, -0.15) is 0 Å². The Morgan fingerprint density at radius 3 is 0.740 bits per heavy atom. The summed E-state index contributed by atoms with van der Waals surface area (Å²) in [6, 6.07) is 0.701. The molecular weight excluding hydrogens is 713 g/mol. The van der Waals surface area contributed by atoms with E-state index >= 15 is 0 Å². The smallest absolute Gasteiger partial charge is 0.374 e. The summed E-state index contributed by atoms with van der Waals surface area (Å²) >= 11 is 0. The van der Waals surface area contributed by atoms with E-state index in [2.05, 4.69) is 41.5 Å². The molecule has 0 bridgehead atoms. The molecule has 0 aliphatic rings. The van der Waals surface area contributed by atoms with Gasteiger partial charge in [-0.05, 0) is 80.1 Å². The molecule has 0 aliphatic carbocycles. The SMILES string of the molecule is CCCO[Si](CC(C(C[Si](OCC)(OCC)OCC)[Si](OCC)(OCC)OCC)[Si](OCCC)(OCCC)OCCC)(OCCC)OCCC. The highest BCUT2D eigenvalue weighted by Gasteiger charge is 2.68. The van der Waals surface area contributed by atoms with Gasteiger partial charge in [-0.15, -0.1) is 0 Å². The third-order valence-corrected chi connectivity index (χ3v) is 21.6. The average Bonchev–Trinajstić information content (AvgIpc) is 3.11. The van der Waals surface area contributed by atoms with Gasteiger partial charge in [0.2, 0.25) is 0 Å². The highest BCUT2D eigenvalue weighted by atomic mass is 28.4. The monoisotopic (exact) mass is 790 g/mol. The summed E-state index contributed by atoms with van der Waals surface area (Å²) in [5.74, 6) is 0. The predicted molar refractivity (Wildman–Crippen MR) is 207 cm³/mol. The molecular formula is C34H78O12Si4. The van der Waals surface area contributed by atoms with E-state index in [9.17, 15) is 0 Å². The summed E-state index contributed by atoms with van der Waals surface area (Å²) in [6.07, 6.45) is 4.78. The highest BCUT2D eigenvalue weighted by molar-refractivity contribution is 6.74. The molecule has 0 saturated carbocycles. The summed E-state index contributed by atoms with van der Waals surface area (Å²) in [5, 5.41) is 0. The van der Waals surface area contributed by atoms with Crippen LogP contribution in [0.4, 0.5) is 0 Å². The lowest BCUT2D eigenvalue weighted by Crippen LogP contribution is -2.63. The molecule has 2 atom stereocenters. The van der Waals surface area contributed by atoms with Crippen molar-refractivity contribution >= 4 is 35.2 Å². The molecule has 302 valence electrons. The van der Waals surface area contributed by atoms with E-state index in [0.29, 0.717) is 91.4 Å². The second-order valence-corrected chi connectivity index (χ2v) is 22.8. The van der Waals surface area contributed by atoms with Crippen molar-refractivity contribution in [2.75, 3.05) is 79.3 Å². The van der Waals surface area contributed by atoms with Crippen molar-refractivity contribution < 1.29 is 53.1 Å². The van der Waals surface area contributed by atoms with Crippen LogP contribution in [0.25, 0.3) is 0 Å². The normalized spacial score (nSPS) is 14.4. The third kappa shape index (κ3) is 16.8. The molecule has 0 rings (SSSR count). The minimum absolute atomic E-state index is 0.342. The van der Waals surface area contributed by atoms with Crippen LogP contribution in [0.1, 0.15) is 122 Å². The van der Waals surface area contributed by atoms with Crippen LogP contribution in [-0.2, 0) is 53.1 Å². The van der Waals surface area contributed by atoms with Gasteiger partial charge in [0.1, 0.15) is 0 Å². The lowest BCUT2D eigenvalue weighted by molar-refractivity contribution is 0.0213.